The van der Waals surface area contributed by atoms with E-state index in [0.717, 1.165) is 0 Å². The van der Waals surface area contributed by atoms with Crippen LogP contribution in [0, 0.1) is 0 Å². The van der Waals surface area contributed by atoms with Crippen LogP contribution in [0.5, 0.6) is 0 Å². The molecule has 0 fully saturated rings. The number of nitrogens with one attached hydrogen (secondary N) is 1. The molecule has 1 atom stereocenters. The topological polar surface area (TPSA) is 98.5 Å². The van der Waals surface area contributed by atoms with Crippen LogP contribution in [0.2, 0.25) is 0 Å². The second-order valence-electron chi connectivity index (χ2n) is 6.25. The van der Waals surface area contributed by atoms with Gasteiger partial charge in [-0.2, -0.15) is 0 Å². The van der Waals surface area contributed by atoms with E-state index in [1.165, 1.54) is 0 Å². The summed E-state index contributed by atoms with van der Waals surface area (Å²) in [6.45, 7) is 5.29. The van der Waals surface area contributed by atoms with Gasteiger partial charge in [-0.3, -0.25) is 19.7 Å². The summed E-state index contributed by atoms with van der Waals surface area (Å²) >= 11 is 0. The smallest absolute Gasteiger partial charge is 0.306 e. The number of hydrogen-bond acceptors (Lipinski definition) is 5. The van der Waals surface area contributed by atoms with Gasteiger partial charge in [0.2, 0.25) is 5.91 Å². The number of rotatable bonds is 8. The van der Waals surface area contributed by atoms with Gasteiger partial charge in [0.1, 0.15) is 5.60 Å². The van der Waals surface area contributed by atoms with E-state index in [0.29, 0.717) is 5.56 Å². The molecule has 1 unspecified atom stereocenters. The first kappa shape index (κ1) is 18.8. The van der Waals surface area contributed by atoms with Crippen LogP contribution < -0.4 is 11.1 Å². The summed E-state index contributed by atoms with van der Waals surface area (Å²) < 4.78 is 5.18. The van der Waals surface area contributed by atoms with Crippen LogP contribution >= 0.6 is 0 Å². The number of hydrogen-bond donors (Lipinski definition) is 2. The molecule has 6 nitrogen and oxygen atoms in total. The van der Waals surface area contributed by atoms with Crippen molar-refractivity contribution in [3.8, 4) is 0 Å². The standard InChI is InChI=1S/C17H24N2O4/c1-17(2,3)23-15(21)10-9-13(16(18)22)19-11-14(20)12-7-5-4-6-8-12/h4-8,13,19H,9-11H2,1-3H3,(H2,18,22). The first-order valence-corrected chi connectivity index (χ1v) is 7.52. The molecular weight excluding hydrogens is 296 g/mol. The summed E-state index contributed by atoms with van der Waals surface area (Å²) in [5.41, 5.74) is 5.29. The number of ether oxygens (including phenoxy) is 1. The van der Waals surface area contributed by atoms with E-state index >= 15 is 0 Å². The van der Waals surface area contributed by atoms with Gasteiger partial charge in [-0.25, -0.2) is 0 Å². The number of carbonyl (C=O) groups is 3. The molecule has 126 valence electrons. The van der Waals surface area contributed by atoms with Crippen LogP contribution in [-0.4, -0.2) is 35.8 Å². The first-order valence-electron chi connectivity index (χ1n) is 7.52. The lowest BCUT2D eigenvalue weighted by molar-refractivity contribution is -0.155. The molecule has 0 spiro atoms. The molecule has 1 aromatic rings. The number of nitrogens with two attached hydrogens (primary N) is 1. The monoisotopic (exact) mass is 320 g/mol. The highest BCUT2D eigenvalue weighted by atomic mass is 16.6. The van der Waals surface area contributed by atoms with Crippen molar-refractivity contribution in [2.75, 3.05) is 6.54 Å². The molecule has 0 heterocycles. The van der Waals surface area contributed by atoms with Gasteiger partial charge in [0.15, 0.2) is 5.78 Å². The van der Waals surface area contributed by atoms with Gasteiger partial charge in [-0.05, 0) is 27.2 Å². The van der Waals surface area contributed by atoms with E-state index in [-0.39, 0.29) is 25.2 Å². The Morgan fingerprint density at radius 1 is 1.17 bits per heavy atom. The maximum atomic E-state index is 12.0. The lowest BCUT2D eigenvalue weighted by atomic mass is 10.1. The number of amides is 1. The number of carbonyl (C=O) groups excluding carboxylic acids is 3. The predicted molar refractivity (Wildman–Crippen MR) is 86.8 cm³/mol. The fourth-order valence-electron chi connectivity index (χ4n) is 1.94. The minimum atomic E-state index is -0.754. The normalized spacial score (nSPS) is 12.5. The second-order valence-corrected chi connectivity index (χ2v) is 6.25. The predicted octanol–water partition coefficient (Wildman–Crippen LogP) is 1.43. The van der Waals surface area contributed by atoms with Gasteiger partial charge >= 0.3 is 5.97 Å². The van der Waals surface area contributed by atoms with Crippen molar-refractivity contribution < 1.29 is 19.1 Å². The molecule has 0 aliphatic carbocycles. The lowest BCUT2D eigenvalue weighted by Crippen LogP contribution is -2.44. The van der Waals surface area contributed by atoms with E-state index in [1.54, 1.807) is 45.0 Å². The molecular formula is C17H24N2O4. The second kappa shape index (κ2) is 8.43. The summed E-state index contributed by atoms with van der Waals surface area (Å²) in [6.07, 6.45) is 0.240. The molecule has 0 saturated heterocycles. The van der Waals surface area contributed by atoms with Crippen LogP contribution in [0.1, 0.15) is 44.0 Å². The SMILES string of the molecule is CC(C)(C)OC(=O)CCC(NCC(=O)c1ccccc1)C(N)=O. The summed E-state index contributed by atoms with van der Waals surface area (Å²) in [5.74, 6) is -1.15. The minimum absolute atomic E-state index is 0.0219. The Balaban J connectivity index is 2.48. The van der Waals surface area contributed by atoms with Crippen LogP contribution in [0.25, 0.3) is 0 Å². The van der Waals surface area contributed by atoms with E-state index in [9.17, 15) is 14.4 Å². The molecule has 6 heteroatoms. The Morgan fingerprint density at radius 2 is 1.78 bits per heavy atom. The van der Waals surface area contributed by atoms with Gasteiger partial charge in [-0.1, -0.05) is 30.3 Å². The molecule has 0 aromatic heterocycles. The van der Waals surface area contributed by atoms with Crippen molar-refractivity contribution in [3.63, 3.8) is 0 Å². The number of esters is 1. The summed E-state index contributed by atoms with van der Waals surface area (Å²) in [6, 6.07) is 7.99. The van der Waals surface area contributed by atoms with Crippen molar-refractivity contribution in [2.45, 2.75) is 45.3 Å². The van der Waals surface area contributed by atoms with Crippen LogP contribution in [0.15, 0.2) is 30.3 Å². The van der Waals surface area contributed by atoms with E-state index in [2.05, 4.69) is 5.32 Å². The van der Waals surface area contributed by atoms with Gasteiger partial charge in [0.05, 0.1) is 12.6 Å². The molecule has 3 N–H and O–H groups in total. The highest BCUT2D eigenvalue weighted by molar-refractivity contribution is 5.97. The molecule has 23 heavy (non-hydrogen) atoms. The largest absolute Gasteiger partial charge is 0.460 e. The first-order chi connectivity index (χ1) is 10.7. The summed E-state index contributed by atoms with van der Waals surface area (Å²) in [5, 5.41) is 2.80. The Hall–Kier alpha value is -2.21. The Labute approximate surface area is 136 Å². The van der Waals surface area contributed by atoms with Crippen molar-refractivity contribution in [1.82, 2.24) is 5.32 Å². The molecule has 0 radical (unpaired) electrons. The number of Topliss-reactive ketones (excluding diaryl/α,β-unsaturated/α-hetero) is 1. The lowest BCUT2D eigenvalue weighted by Gasteiger charge is -2.20. The van der Waals surface area contributed by atoms with Gasteiger partial charge in [-0.15, -0.1) is 0 Å². The third-order valence-electron chi connectivity index (χ3n) is 3.01. The highest BCUT2D eigenvalue weighted by Gasteiger charge is 2.21. The zero-order valence-corrected chi connectivity index (χ0v) is 13.8. The fraction of sp³-hybridized carbons (Fsp3) is 0.471. The summed E-state index contributed by atoms with van der Waals surface area (Å²) in [7, 11) is 0. The van der Waals surface area contributed by atoms with Crippen molar-refractivity contribution in [2.24, 2.45) is 5.73 Å². The van der Waals surface area contributed by atoms with Crippen LogP contribution in [-0.2, 0) is 14.3 Å². The minimum Gasteiger partial charge on any atom is -0.460 e. The average molecular weight is 320 g/mol. The number of ketones is 1. The zero-order valence-electron chi connectivity index (χ0n) is 13.8. The number of benzene rings is 1. The Morgan fingerprint density at radius 3 is 2.30 bits per heavy atom. The third kappa shape index (κ3) is 7.56. The highest BCUT2D eigenvalue weighted by Crippen LogP contribution is 2.10. The molecule has 0 aliphatic rings. The van der Waals surface area contributed by atoms with Gasteiger partial charge in [0, 0.05) is 12.0 Å². The Bertz CT molecular complexity index is 549. The fourth-order valence-corrected chi connectivity index (χ4v) is 1.94. The van der Waals surface area contributed by atoms with E-state index < -0.39 is 23.5 Å². The molecule has 1 aromatic carbocycles. The van der Waals surface area contributed by atoms with E-state index in [1.807, 2.05) is 6.07 Å². The van der Waals surface area contributed by atoms with Crippen molar-refractivity contribution >= 4 is 17.7 Å². The van der Waals surface area contributed by atoms with Gasteiger partial charge in [0.25, 0.3) is 0 Å². The van der Waals surface area contributed by atoms with Crippen molar-refractivity contribution in [3.05, 3.63) is 35.9 Å². The van der Waals surface area contributed by atoms with E-state index in [4.69, 9.17) is 10.5 Å². The molecule has 0 bridgehead atoms. The maximum Gasteiger partial charge on any atom is 0.306 e. The molecule has 0 aliphatic heterocycles. The van der Waals surface area contributed by atoms with Crippen LogP contribution in [0.4, 0.5) is 0 Å². The quantitative estimate of drug-likeness (QED) is 0.558. The Kier molecular flexibility index (Phi) is 6.90. The number of primary amides is 1. The maximum absolute atomic E-state index is 12.0. The third-order valence-corrected chi connectivity index (χ3v) is 3.01. The van der Waals surface area contributed by atoms with Crippen LogP contribution in [0.3, 0.4) is 0 Å². The van der Waals surface area contributed by atoms with Crippen molar-refractivity contribution in [1.29, 1.82) is 0 Å². The molecule has 1 amide bonds. The summed E-state index contributed by atoms with van der Waals surface area (Å²) in [4.78, 5) is 35.1. The average Bonchev–Trinajstić information content (AvgIpc) is 2.45. The molecule has 1 rings (SSSR count). The zero-order chi connectivity index (χ0) is 17.5. The van der Waals surface area contributed by atoms with Gasteiger partial charge < -0.3 is 10.5 Å². The molecule has 0 saturated carbocycles.